The highest BCUT2D eigenvalue weighted by Gasteiger charge is 2.18. The summed E-state index contributed by atoms with van der Waals surface area (Å²) >= 11 is 6.04. The van der Waals surface area contributed by atoms with E-state index in [1.165, 1.54) is 12.1 Å². The fourth-order valence-electron chi connectivity index (χ4n) is 2.08. The molecule has 0 spiro atoms. The number of aryl methyl sites for hydroxylation is 1. The van der Waals surface area contributed by atoms with E-state index in [-0.39, 0.29) is 11.3 Å². The van der Waals surface area contributed by atoms with E-state index in [9.17, 15) is 14.9 Å². The van der Waals surface area contributed by atoms with E-state index >= 15 is 0 Å². The first-order valence-corrected chi connectivity index (χ1v) is 7.20. The van der Waals surface area contributed by atoms with Crippen molar-refractivity contribution in [2.75, 3.05) is 24.3 Å². The zero-order chi connectivity index (χ0) is 17.1. The summed E-state index contributed by atoms with van der Waals surface area (Å²) in [5, 5.41) is 14.2. The largest absolute Gasteiger partial charge is 0.377 e. The third-order valence-electron chi connectivity index (χ3n) is 3.35. The van der Waals surface area contributed by atoms with Gasteiger partial charge in [0.25, 0.3) is 11.6 Å². The van der Waals surface area contributed by atoms with Crippen molar-refractivity contribution in [3.63, 3.8) is 0 Å². The molecule has 0 aliphatic carbocycles. The summed E-state index contributed by atoms with van der Waals surface area (Å²) in [5.41, 5.74) is 2.10. The van der Waals surface area contributed by atoms with Gasteiger partial charge in [-0.15, -0.1) is 0 Å². The number of nitro groups is 1. The van der Waals surface area contributed by atoms with Gasteiger partial charge in [-0.2, -0.15) is 0 Å². The summed E-state index contributed by atoms with van der Waals surface area (Å²) in [5.74, 6) is -0.433. The third-order valence-corrected chi connectivity index (χ3v) is 3.75. The summed E-state index contributed by atoms with van der Waals surface area (Å²) in [4.78, 5) is 24.6. The number of anilines is 2. The number of benzene rings is 2. The minimum atomic E-state index is -0.529. The quantitative estimate of drug-likeness (QED) is 0.680. The number of hydrogen-bond acceptors (Lipinski definition) is 4. The van der Waals surface area contributed by atoms with Gasteiger partial charge in [-0.05, 0) is 30.7 Å². The monoisotopic (exact) mass is 333 g/mol. The van der Waals surface area contributed by atoms with Gasteiger partial charge >= 0.3 is 0 Å². The molecule has 0 fully saturated rings. The molecule has 23 heavy (non-hydrogen) atoms. The predicted octanol–water partition coefficient (Wildman–Crippen LogP) is 3.87. The van der Waals surface area contributed by atoms with E-state index in [4.69, 9.17) is 11.6 Å². The van der Waals surface area contributed by atoms with Crippen molar-refractivity contribution in [3.05, 3.63) is 62.7 Å². The van der Waals surface area contributed by atoms with Crippen molar-refractivity contribution in [3.8, 4) is 0 Å². The molecule has 0 bridgehead atoms. The predicted molar refractivity (Wildman–Crippen MR) is 91.6 cm³/mol. The number of nitrogens with one attached hydrogen (secondary N) is 1. The van der Waals surface area contributed by atoms with Crippen LogP contribution in [0.15, 0.2) is 36.4 Å². The Labute approximate surface area is 138 Å². The lowest BCUT2D eigenvalue weighted by molar-refractivity contribution is -0.384. The van der Waals surface area contributed by atoms with Gasteiger partial charge in [0.1, 0.15) is 0 Å². The van der Waals surface area contributed by atoms with Crippen molar-refractivity contribution in [1.82, 2.24) is 0 Å². The van der Waals surface area contributed by atoms with Crippen LogP contribution >= 0.6 is 11.6 Å². The highest BCUT2D eigenvalue weighted by Crippen LogP contribution is 2.26. The summed E-state index contributed by atoms with van der Waals surface area (Å²) in [6.45, 7) is 1.86. The van der Waals surface area contributed by atoms with Crippen LogP contribution in [0.5, 0.6) is 0 Å². The molecule has 0 saturated carbocycles. The van der Waals surface area contributed by atoms with Crippen molar-refractivity contribution >= 4 is 34.6 Å². The lowest BCUT2D eigenvalue weighted by Crippen LogP contribution is -2.18. The summed E-state index contributed by atoms with van der Waals surface area (Å²) in [6, 6.07) is 9.34. The Balaban J connectivity index is 2.38. The number of carbonyl (C=O) groups is 1. The summed E-state index contributed by atoms with van der Waals surface area (Å²) in [6.07, 6.45) is 0. The molecule has 2 aromatic carbocycles. The molecule has 120 valence electrons. The number of carbonyl (C=O) groups excluding carboxylic acids is 1. The van der Waals surface area contributed by atoms with Crippen LogP contribution in [-0.2, 0) is 0 Å². The van der Waals surface area contributed by atoms with Crippen LogP contribution in [0.2, 0.25) is 5.02 Å². The zero-order valence-electron chi connectivity index (χ0n) is 13.0. The standard InChI is InChI=1S/C16H16ClN3O3/c1-10-4-5-11(8-14(10)17)18-16(21)13-9-12(20(22)23)6-7-15(13)19(2)3/h4-9H,1-3H3,(H,18,21). The Morgan fingerprint density at radius 3 is 2.48 bits per heavy atom. The number of nitro benzene ring substituents is 1. The molecule has 0 saturated heterocycles. The van der Waals surface area contributed by atoms with Gasteiger partial charge in [0.15, 0.2) is 0 Å². The maximum atomic E-state index is 12.5. The van der Waals surface area contributed by atoms with Crippen molar-refractivity contribution < 1.29 is 9.72 Å². The smallest absolute Gasteiger partial charge is 0.270 e. The Kier molecular flexibility index (Phi) is 4.86. The Hall–Kier alpha value is -2.60. The van der Waals surface area contributed by atoms with Gasteiger partial charge in [-0.25, -0.2) is 0 Å². The number of rotatable bonds is 4. The molecular weight excluding hydrogens is 318 g/mol. The van der Waals surface area contributed by atoms with Crippen molar-refractivity contribution in [1.29, 1.82) is 0 Å². The number of amides is 1. The topological polar surface area (TPSA) is 75.5 Å². The molecule has 1 amide bonds. The second-order valence-corrected chi connectivity index (χ2v) is 5.68. The van der Waals surface area contributed by atoms with Crippen LogP contribution in [0.1, 0.15) is 15.9 Å². The van der Waals surface area contributed by atoms with Crippen LogP contribution in [0.4, 0.5) is 17.1 Å². The molecule has 2 aromatic rings. The molecule has 0 unspecified atom stereocenters. The van der Waals surface area contributed by atoms with Crippen LogP contribution in [0.3, 0.4) is 0 Å². The van der Waals surface area contributed by atoms with Crippen LogP contribution in [-0.4, -0.2) is 24.9 Å². The molecule has 0 aliphatic rings. The fourth-order valence-corrected chi connectivity index (χ4v) is 2.26. The molecule has 0 aromatic heterocycles. The highest BCUT2D eigenvalue weighted by molar-refractivity contribution is 6.31. The summed E-state index contributed by atoms with van der Waals surface area (Å²) in [7, 11) is 3.53. The minimum Gasteiger partial charge on any atom is -0.377 e. The third kappa shape index (κ3) is 3.78. The van der Waals surface area contributed by atoms with Gasteiger partial charge in [-0.3, -0.25) is 14.9 Å². The maximum absolute atomic E-state index is 12.5. The molecule has 0 aliphatic heterocycles. The van der Waals surface area contributed by atoms with Gasteiger partial charge in [0, 0.05) is 42.6 Å². The van der Waals surface area contributed by atoms with Crippen LogP contribution in [0.25, 0.3) is 0 Å². The SMILES string of the molecule is Cc1ccc(NC(=O)c2cc([N+](=O)[O-])ccc2N(C)C)cc1Cl. The minimum absolute atomic E-state index is 0.136. The molecule has 0 atom stereocenters. The number of non-ortho nitro benzene ring substituents is 1. The van der Waals surface area contributed by atoms with Crippen LogP contribution in [0, 0.1) is 17.0 Å². The Bertz CT molecular complexity index is 775. The number of nitrogens with zero attached hydrogens (tertiary/aromatic N) is 2. The first kappa shape index (κ1) is 16.8. The molecule has 7 heteroatoms. The second kappa shape index (κ2) is 6.66. The maximum Gasteiger partial charge on any atom is 0.270 e. The average Bonchev–Trinajstić information content (AvgIpc) is 2.50. The van der Waals surface area contributed by atoms with Gasteiger partial charge in [-0.1, -0.05) is 17.7 Å². The number of halogens is 1. The van der Waals surface area contributed by atoms with E-state index < -0.39 is 10.8 Å². The fraction of sp³-hybridized carbons (Fsp3) is 0.188. The number of hydrogen-bond donors (Lipinski definition) is 1. The molecular formula is C16H16ClN3O3. The van der Waals surface area contributed by atoms with Gasteiger partial charge in [0.2, 0.25) is 0 Å². The van der Waals surface area contributed by atoms with Crippen molar-refractivity contribution in [2.24, 2.45) is 0 Å². The molecule has 6 nitrogen and oxygen atoms in total. The van der Waals surface area contributed by atoms with Gasteiger partial charge in [0.05, 0.1) is 10.5 Å². The van der Waals surface area contributed by atoms with Gasteiger partial charge < -0.3 is 10.2 Å². The Morgan fingerprint density at radius 2 is 1.91 bits per heavy atom. The van der Waals surface area contributed by atoms with E-state index in [0.717, 1.165) is 5.56 Å². The van der Waals surface area contributed by atoms with E-state index in [1.807, 2.05) is 6.92 Å². The highest BCUT2D eigenvalue weighted by atomic mass is 35.5. The lowest BCUT2D eigenvalue weighted by atomic mass is 10.1. The first-order valence-electron chi connectivity index (χ1n) is 6.83. The van der Waals surface area contributed by atoms with E-state index in [0.29, 0.717) is 16.4 Å². The van der Waals surface area contributed by atoms with Crippen molar-refractivity contribution in [2.45, 2.75) is 6.92 Å². The second-order valence-electron chi connectivity index (χ2n) is 5.27. The first-order chi connectivity index (χ1) is 10.8. The summed E-state index contributed by atoms with van der Waals surface area (Å²) < 4.78 is 0. The normalized spacial score (nSPS) is 10.3. The molecule has 2 rings (SSSR count). The van der Waals surface area contributed by atoms with Crippen LogP contribution < -0.4 is 10.2 Å². The molecule has 0 heterocycles. The Morgan fingerprint density at radius 1 is 1.22 bits per heavy atom. The lowest BCUT2D eigenvalue weighted by Gasteiger charge is -2.17. The average molecular weight is 334 g/mol. The molecule has 0 radical (unpaired) electrons. The zero-order valence-corrected chi connectivity index (χ0v) is 13.7. The molecule has 1 N–H and O–H groups in total. The van der Waals surface area contributed by atoms with E-state index in [1.54, 1.807) is 43.3 Å². The van der Waals surface area contributed by atoms with E-state index in [2.05, 4.69) is 5.32 Å².